The molecule has 0 amide bonds. The molecule has 0 aromatic heterocycles. The van der Waals surface area contributed by atoms with Gasteiger partial charge < -0.3 is 48.4 Å². The molecule has 2 heterocycles. The Morgan fingerprint density at radius 1 is 0.556 bits per heavy atom. The van der Waals surface area contributed by atoms with Crippen LogP contribution in [0.15, 0.2) is 0 Å². The van der Waals surface area contributed by atoms with Gasteiger partial charge in [-0.2, -0.15) is 0 Å². The molecule has 266 valence electrons. The summed E-state index contributed by atoms with van der Waals surface area (Å²) in [5.41, 5.74) is 5.33. The van der Waals surface area contributed by atoms with E-state index in [1.165, 1.54) is 13.8 Å². The molecule has 0 bridgehead atoms. The van der Waals surface area contributed by atoms with Crippen molar-refractivity contribution in [2.24, 2.45) is 41.2 Å². The maximum absolute atomic E-state index is 11.0. The molecule has 0 spiro atoms. The van der Waals surface area contributed by atoms with Gasteiger partial charge in [-0.1, -0.05) is 48.5 Å². The van der Waals surface area contributed by atoms with Crippen molar-refractivity contribution in [1.29, 1.82) is 0 Å². The highest BCUT2D eigenvalue weighted by atomic mass is 16.7. The van der Waals surface area contributed by atoms with Crippen LogP contribution < -0.4 is 5.73 Å². The molecule has 2 N–H and O–H groups in total. The molecule has 2 aliphatic rings. The predicted octanol–water partition coefficient (Wildman–Crippen LogP) is 3.82. The molecular weight excluding hydrogens is 586 g/mol. The van der Waals surface area contributed by atoms with E-state index in [0.29, 0.717) is 89.0 Å². The van der Waals surface area contributed by atoms with Gasteiger partial charge in [0.2, 0.25) is 0 Å². The second-order valence-electron chi connectivity index (χ2n) is 12.2. The van der Waals surface area contributed by atoms with E-state index in [9.17, 15) is 9.59 Å². The van der Waals surface area contributed by atoms with Crippen molar-refractivity contribution >= 4 is 11.9 Å². The first-order valence-electron chi connectivity index (χ1n) is 16.7. The van der Waals surface area contributed by atoms with Gasteiger partial charge in [0.05, 0.1) is 58.5 Å². The average Bonchev–Trinajstić information content (AvgIpc) is 3.01. The molecule has 0 aromatic rings. The summed E-state index contributed by atoms with van der Waals surface area (Å²) in [6.07, 6.45) is 0.184. The molecule has 0 radical (unpaired) electrons. The summed E-state index contributed by atoms with van der Waals surface area (Å²) < 4.78 is 49.9. The third kappa shape index (κ3) is 16.3. The Kier molecular flexibility index (Phi) is 22.1. The molecular formula is C33H63NO11. The lowest BCUT2D eigenvalue weighted by atomic mass is 9.79. The molecule has 12 heteroatoms. The molecule has 45 heavy (non-hydrogen) atoms. The Labute approximate surface area is 271 Å². The summed E-state index contributed by atoms with van der Waals surface area (Å²) in [4.78, 5) is 22.0. The van der Waals surface area contributed by atoms with Crippen LogP contribution in [0.3, 0.4) is 0 Å². The number of nitrogens with two attached hydrogens (primary N) is 1. The van der Waals surface area contributed by atoms with Crippen LogP contribution >= 0.6 is 0 Å². The smallest absolute Gasteiger partial charge is 0.302 e. The van der Waals surface area contributed by atoms with Crippen molar-refractivity contribution in [1.82, 2.24) is 0 Å². The zero-order valence-electron chi connectivity index (χ0n) is 29.3. The van der Waals surface area contributed by atoms with Gasteiger partial charge in [0, 0.05) is 38.8 Å². The Morgan fingerprint density at radius 3 is 1.31 bits per heavy atom. The van der Waals surface area contributed by atoms with E-state index in [4.69, 9.17) is 48.4 Å². The van der Waals surface area contributed by atoms with Crippen LogP contribution in [0.25, 0.3) is 0 Å². The molecule has 0 aromatic carbocycles. The van der Waals surface area contributed by atoms with Crippen molar-refractivity contribution in [2.75, 3.05) is 72.6 Å². The second kappa shape index (κ2) is 23.9. The van der Waals surface area contributed by atoms with Crippen LogP contribution in [0.2, 0.25) is 0 Å². The first-order valence-corrected chi connectivity index (χ1v) is 16.7. The molecule has 0 aliphatic carbocycles. The summed E-state index contributed by atoms with van der Waals surface area (Å²) in [7, 11) is 0. The zero-order chi connectivity index (χ0) is 33.8. The Morgan fingerprint density at radius 2 is 0.933 bits per heavy atom. The van der Waals surface area contributed by atoms with Crippen LogP contribution in [0.1, 0.15) is 68.7 Å². The highest BCUT2D eigenvalue weighted by Crippen LogP contribution is 2.36. The van der Waals surface area contributed by atoms with E-state index in [1.54, 1.807) is 0 Å². The van der Waals surface area contributed by atoms with E-state index in [1.807, 2.05) is 0 Å². The molecule has 12 nitrogen and oxygen atoms in total. The van der Waals surface area contributed by atoms with Gasteiger partial charge in [-0.05, 0) is 30.1 Å². The molecule has 2 saturated heterocycles. The number of carbonyl (C=O) groups is 2. The minimum atomic E-state index is -0.311. The third-order valence-corrected chi connectivity index (χ3v) is 8.87. The Balaban J connectivity index is 0.000000454. The lowest BCUT2D eigenvalue weighted by molar-refractivity contribution is -0.258. The van der Waals surface area contributed by atoms with Crippen LogP contribution in [0.5, 0.6) is 0 Å². The summed E-state index contributed by atoms with van der Waals surface area (Å²) >= 11 is 0. The predicted molar refractivity (Wildman–Crippen MR) is 169 cm³/mol. The van der Waals surface area contributed by atoms with Crippen molar-refractivity contribution < 1.29 is 52.2 Å². The molecule has 10 unspecified atom stereocenters. The quantitative estimate of drug-likeness (QED) is 0.161. The lowest BCUT2D eigenvalue weighted by Crippen LogP contribution is -2.48. The van der Waals surface area contributed by atoms with Gasteiger partial charge in [0.15, 0.2) is 12.6 Å². The largest absolute Gasteiger partial charge is 0.463 e. The van der Waals surface area contributed by atoms with Crippen LogP contribution in [-0.2, 0) is 52.2 Å². The topological polar surface area (TPSA) is 143 Å². The van der Waals surface area contributed by atoms with Crippen LogP contribution in [0, 0.1) is 35.5 Å². The summed E-state index contributed by atoms with van der Waals surface area (Å²) in [6.45, 7) is 23.3. The molecule has 2 fully saturated rings. The van der Waals surface area contributed by atoms with E-state index < -0.39 is 0 Å². The van der Waals surface area contributed by atoms with E-state index in [-0.39, 0.29) is 49.3 Å². The maximum Gasteiger partial charge on any atom is 0.302 e. The summed E-state index contributed by atoms with van der Waals surface area (Å²) in [5.74, 6) is 1.49. The Hall–Kier alpha value is -1.38. The summed E-state index contributed by atoms with van der Waals surface area (Å²) in [5, 5.41) is 0. The number of hydrogen-bond donors (Lipinski definition) is 1. The van der Waals surface area contributed by atoms with E-state index >= 15 is 0 Å². The van der Waals surface area contributed by atoms with Crippen LogP contribution in [-0.4, -0.2) is 109 Å². The first kappa shape index (κ1) is 41.6. The summed E-state index contributed by atoms with van der Waals surface area (Å²) in [6, 6.07) is 0. The van der Waals surface area contributed by atoms with Crippen molar-refractivity contribution in [2.45, 2.75) is 93.5 Å². The SMILES string of the molecule is CC(=O)OCC1OC(OCCOCCOCCN)C(C)C(C)C1C.CCCOCCOC1OC(COC(C)=O)C(C)C(C)C1C. The zero-order valence-corrected chi connectivity index (χ0v) is 29.3. The monoisotopic (exact) mass is 649 g/mol. The molecule has 0 saturated carbocycles. The van der Waals surface area contributed by atoms with Gasteiger partial charge in [0.1, 0.15) is 13.2 Å². The van der Waals surface area contributed by atoms with Crippen molar-refractivity contribution in [3.63, 3.8) is 0 Å². The number of esters is 2. The second-order valence-corrected chi connectivity index (χ2v) is 12.2. The number of carbonyl (C=O) groups excluding carboxylic acids is 2. The number of ether oxygens (including phenoxy) is 9. The fourth-order valence-corrected chi connectivity index (χ4v) is 5.23. The van der Waals surface area contributed by atoms with Gasteiger partial charge >= 0.3 is 11.9 Å². The Bertz CT molecular complexity index is 788. The van der Waals surface area contributed by atoms with Crippen molar-refractivity contribution in [3.8, 4) is 0 Å². The highest BCUT2D eigenvalue weighted by molar-refractivity contribution is 5.66. The maximum atomic E-state index is 11.0. The van der Waals surface area contributed by atoms with Gasteiger partial charge in [0.25, 0.3) is 0 Å². The fraction of sp³-hybridized carbons (Fsp3) is 0.939. The minimum absolute atomic E-state index is 0.110. The minimum Gasteiger partial charge on any atom is -0.463 e. The third-order valence-electron chi connectivity index (χ3n) is 8.87. The van der Waals surface area contributed by atoms with Crippen LogP contribution in [0.4, 0.5) is 0 Å². The van der Waals surface area contributed by atoms with E-state index in [2.05, 4.69) is 48.5 Å². The lowest BCUT2D eigenvalue weighted by Gasteiger charge is -2.43. The number of rotatable bonds is 19. The van der Waals surface area contributed by atoms with Crippen molar-refractivity contribution in [3.05, 3.63) is 0 Å². The fourth-order valence-electron chi connectivity index (χ4n) is 5.23. The van der Waals surface area contributed by atoms with Gasteiger partial charge in [-0.15, -0.1) is 0 Å². The van der Waals surface area contributed by atoms with Gasteiger partial charge in [-0.3, -0.25) is 9.59 Å². The standard InChI is InChI=1S/C17H33NO6.C16H30O5/c1-12-13(2)16(11-23-15(4)19)24-17(14(12)3)22-10-9-21-8-7-20-6-5-18;1-6-7-18-8-9-19-16-13(4)11(2)12(3)15(21-16)10-20-14(5)17/h12-14,16-17H,5-11,18H2,1-4H3;11-13,15-16H,6-10H2,1-5H3. The van der Waals surface area contributed by atoms with E-state index in [0.717, 1.165) is 13.0 Å². The molecule has 2 aliphatic heterocycles. The highest BCUT2D eigenvalue weighted by Gasteiger charge is 2.41. The van der Waals surface area contributed by atoms with Gasteiger partial charge in [-0.25, -0.2) is 0 Å². The number of hydrogen-bond acceptors (Lipinski definition) is 12. The normalized spacial score (nSPS) is 31.5. The first-order chi connectivity index (χ1) is 21.4. The molecule has 2 rings (SSSR count). The average molecular weight is 650 g/mol. The molecule has 10 atom stereocenters.